The zero-order valence-corrected chi connectivity index (χ0v) is 11.6. The van der Waals surface area contributed by atoms with Gasteiger partial charge in [-0.05, 0) is 57.5 Å². The summed E-state index contributed by atoms with van der Waals surface area (Å²) in [4.78, 5) is 2.69. The monoisotopic (exact) mass is 242 g/mol. The summed E-state index contributed by atoms with van der Waals surface area (Å²) >= 11 is 2.00. The van der Waals surface area contributed by atoms with Crippen molar-refractivity contribution in [3.8, 4) is 0 Å². The molecule has 1 aliphatic heterocycles. The van der Waals surface area contributed by atoms with E-state index in [1.54, 1.807) is 0 Å². The molecule has 1 aliphatic carbocycles. The Labute approximate surface area is 105 Å². The summed E-state index contributed by atoms with van der Waals surface area (Å²) in [5.74, 6) is 0.999. The number of thioether (sulfide) groups is 1. The van der Waals surface area contributed by atoms with E-state index in [1.165, 1.54) is 51.9 Å². The van der Waals surface area contributed by atoms with Crippen molar-refractivity contribution in [2.45, 2.75) is 43.9 Å². The molecule has 3 heteroatoms. The van der Waals surface area contributed by atoms with Gasteiger partial charge in [0.15, 0.2) is 0 Å². The number of hydrogen-bond acceptors (Lipinski definition) is 3. The van der Waals surface area contributed by atoms with E-state index in [9.17, 15) is 0 Å². The fourth-order valence-corrected chi connectivity index (χ4v) is 2.86. The maximum atomic E-state index is 3.73. The standard InChI is InChI=1S/C13H26N2S/c1-11(16-2)6-9-15-8-3-7-14-13(10-15)12-4-5-12/h11-14H,3-10H2,1-2H3. The van der Waals surface area contributed by atoms with Gasteiger partial charge in [0, 0.05) is 17.8 Å². The van der Waals surface area contributed by atoms with E-state index in [4.69, 9.17) is 0 Å². The first-order valence-corrected chi connectivity index (χ1v) is 8.07. The van der Waals surface area contributed by atoms with Crippen LogP contribution in [0, 0.1) is 5.92 Å². The molecule has 1 N–H and O–H groups in total. The van der Waals surface area contributed by atoms with Gasteiger partial charge < -0.3 is 10.2 Å². The van der Waals surface area contributed by atoms with Crippen LogP contribution in [0.2, 0.25) is 0 Å². The van der Waals surface area contributed by atoms with Crippen molar-refractivity contribution in [2.75, 3.05) is 32.4 Å². The minimum Gasteiger partial charge on any atom is -0.312 e. The smallest absolute Gasteiger partial charge is 0.0223 e. The second-order valence-electron chi connectivity index (χ2n) is 5.39. The van der Waals surface area contributed by atoms with Crippen LogP contribution in [-0.4, -0.2) is 48.6 Å². The molecule has 2 aliphatic rings. The van der Waals surface area contributed by atoms with Gasteiger partial charge in [0.2, 0.25) is 0 Å². The SMILES string of the molecule is CSC(C)CCN1CCCNC(C2CC2)C1. The molecule has 0 aromatic carbocycles. The molecule has 2 atom stereocenters. The highest BCUT2D eigenvalue weighted by atomic mass is 32.2. The molecule has 0 aromatic rings. The molecular weight excluding hydrogens is 216 g/mol. The third kappa shape index (κ3) is 3.94. The van der Waals surface area contributed by atoms with Gasteiger partial charge in [-0.25, -0.2) is 0 Å². The minimum absolute atomic E-state index is 0.798. The Morgan fingerprint density at radius 2 is 2.25 bits per heavy atom. The summed E-state index contributed by atoms with van der Waals surface area (Å²) in [7, 11) is 0. The van der Waals surface area contributed by atoms with E-state index in [1.807, 2.05) is 11.8 Å². The molecule has 0 amide bonds. The summed E-state index contributed by atoms with van der Waals surface area (Å²) in [6.07, 6.45) is 7.83. The van der Waals surface area contributed by atoms with Gasteiger partial charge >= 0.3 is 0 Å². The van der Waals surface area contributed by atoms with Crippen LogP contribution in [0.4, 0.5) is 0 Å². The fraction of sp³-hybridized carbons (Fsp3) is 1.00. The van der Waals surface area contributed by atoms with E-state index in [-0.39, 0.29) is 0 Å². The van der Waals surface area contributed by atoms with Crippen molar-refractivity contribution in [3.63, 3.8) is 0 Å². The Hall–Kier alpha value is 0.270. The lowest BCUT2D eigenvalue weighted by Crippen LogP contribution is -2.39. The normalized spacial score (nSPS) is 30.0. The molecule has 1 saturated heterocycles. The molecule has 2 rings (SSSR count). The third-order valence-electron chi connectivity index (χ3n) is 3.96. The third-order valence-corrected chi connectivity index (χ3v) is 5.00. The number of nitrogens with zero attached hydrogens (tertiary/aromatic N) is 1. The maximum Gasteiger partial charge on any atom is 0.0223 e. The summed E-state index contributed by atoms with van der Waals surface area (Å²) in [5.41, 5.74) is 0. The van der Waals surface area contributed by atoms with Crippen LogP contribution < -0.4 is 5.32 Å². The summed E-state index contributed by atoms with van der Waals surface area (Å²) in [5, 5.41) is 4.54. The van der Waals surface area contributed by atoms with Crippen molar-refractivity contribution in [3.05, 3.63) is 0 Å². The quantitative estimate of drug-likeness (QED) is 0.796. The molecule has 0 spiro atoms. The first-order valence-electron chi connectivity index (χ1n) is 6.78. The number of rotatable bonds is 5. The van der Waals surface area contributed by atoms with Crippen LogP contribution in [0.1, 0.15) is 32.6 Å². The second kappa shape index (κ2) is 6.27. The predicted molar refractivity (Wildman–Crippen MR) is 73.2 cm³/mol. The number of hydrogen-bond donors (Lipinski definition) is 1. The lowest BCUT2D eigenvalue weighted by molar-refractivity contribution is 0.256. The van der Waals surface area contributed by atoms with Gasteiger partial charge in [-0.2, -0.15) is 11.8 Å². The van der Waals surface area contributed by atoms with Crippen molar-refractivity contribution in [1.29, 1.82) is 0 Å². The Morgan fingerprint density at radius 3 is 2.94 bits per heavy atom. The van der Waals surface area contributed by atoms with Gasteiger partial charge in [-0.15, -0.1) is 0 Å². The average molecular weight is 242 g/mol. The molecule has 0 aromatic heterocycles. The average Bonchev–Trinajstić information content (AvgIpc) is 3.11. The number of nitrogens with one attached hydrogen (secondary N) is 1. The lowest BCUT2D eigenvalue weighted by atomic mass is 10.1. The molecule has 2 unspecified atom stereocenters. The van der Waals surface area contributed by atoms with Crippen molar-refractivity contribution in [2.24, 2.45) is 5.92 Å². The van der Waals surface area contributed by atoms with Crippen LogP contribution in [0.5, 0.6) is 0 Å². The van der Waals surface area contributed by atoms with Gasteiger partial charge in [0.1, 0.15) is 0 Å². The Balaban J connectivity index is 1.74. The largest absolute Gasteiger partial charge is 0.312 e. The first kappa shape index (κ1) is 12.7. The molecule has 0 bridgehead atoms. The Kier molecular flexibility index (Phi) is 4.98. The van der Waals surface area contributed by atoms with Crippen LogP contribution in [-0.2, 0) is 0 Å². The maximum absolute atomic E-state index is 3.73. The van der Waals surface area contributed by atoms with Crippen LogP contribution in [0.3, 0.4) is 0 Å². The van der Waals surface area contributed by atoms with E-state index in [2.05, 4.69) is 23.4 Å². The molecule has 2 fully saturated rings. The van der Waals surface area contributed by atoms with Crippen LogP contribution in [0.25, 0.3) is 0 Å². The molecule has 1 heterocycles. The Morgan fingerprint density at radius 1 is 1.44 bits per heavy atom. The van der Waals surface area contributed by atoms with E-state index in [0.717, 1.165) is 17.2 Å². The predicted octanol–water partition coefficient (Wildman–Crippen LogP) is 2.20. The zero-order valence-electron chi connectivity index (χ0n) is 10.7. The second-order valence-corrected chi connectivity index (χ2v) is 6.66. The molecule has 0 radical (unpaired) electrons. The van der Waals surface area contributed by atoms with Crippen molar-refractivity contribution < 1.29 is 0 Å². The van der Waals surface area contributed by atoms with Gasteiger partial charge in [0.25, 0.3) is 0 Å². The first-order chi connectivity index (χ1) is 7.79. The fourth-order valence-electron chi connectivity index (χ4n) is 2.52. The summed E-state index contributed by atoms with van der Waals surface area (Å²) in [6, 6.07) is 0.798. The highest BCUT2D eigenvalue weighted by Crippen LogP contribution is 2.33. The van der Waals surface area contributed by atoms with E-state index in [0.29, 0.717) is 0 Å². The molecule has 16 heavy (non-hydrogen) atoms. The molecule has 2 nitrogen and oxygen atoms in total. The molecule has 94 valence electrons. The van der Waals surface area contributed by atoms with Crippen LogP contribution >= 0.6 is 11.8 Å². The van der Waals surface area contributed by atoms with Crippen molar-refractivity contribution >= 4 is 11.8 Å². The van der Waals surface area contributed by atoms with Crippen LogP contribution in [0.15, 0.2) is 0 Å². The van der Waals surface area contributed by atoms with E-state index >= 15 is 0 Å². The van der Waals surface area contributed by atoms with Gasteiger partial charge in [0.05, 0.1) is 0 Å². The lowest BCUT2D eigenvalue weighted by Gasteiger charge is -2.25. The summed E-state index contributed by atoms with van der Waals surface area (Å²) in [6.45, 7) is 7.48. The van der Waals surface area contributed by atoms with Gasteiger partial charge in [-0.1, -0.05) is 6.92 Å². The van der Waals surface area contributed by atoms with E-state index < -0.39 is 0 Å². The minimum atomic E-state index is 0.798. The molecular formula is C13H26N2S. The molecule has 1 saturated carbocycles. The highest BCUT2D eigenvalue weighted by Gasteiger charge is 2.32. The Bertz CT molecular complexity index is 206. The highest BCUT2D eigenvalue weighted by molar-refractivity contribution is 7.99. The van der Waals surface area contributed by atoms with Gasteiger partial charge in [-0.3, -0.25) is 0 Å². The summed E-state index contributed by atoms with van der Waals surface area (Å²) < 4.78 is 0. The zero-order chi connectivity index (χ0) is 11.4. The van der Waals surface area contributed by atoms with Crippen molar-refractivity contribution in [1.82, 2.24) is 10.2 Å². The topological polar surface area (TPSA) is 15.3 Å².